The third-order valence-corrected chi connectivity index (χ3v) is 2.16. The Labute approximate surface area is 91.6 Å². The molecular formula is C8H12NO6P. The maximum Gasteiger partial charge on any atom is 0.373 e. The Morgan fingerprint density at radius 3 is 2.56 bits per heavy atom. The lowest BCUT2D eigenvalue weighted by Crippen LogP contribution is -1.97. The highest BCUT2D eigenvalue weighted by Gasteiger charge is 2.18. The fourth-order valence-corrected chi connectivity index (χ4v) is 1.48. The van der Waals surface area contributed by atoms with Crippen molar-refractivity contribution in [2.45, 2.75) is 6.92 Å². The predicted molar refractivity (Wildman–Crippen MR) is 56.0 cm³/mol. The molecule has 0 saturated heterocycles. The minimum atomic E-state index is -3.77. The molecule has 0 aliphatic rings. The van der Waals surface area contributed by atoms with E-state index in [0.717, 1.165) is 12.9 Å². The first-order valence-electron chi connectivity index (χ1n) is 3.98. The van der Waals surface area contributed by atoms with Gasteiger partial charge < -0.3 is 20.0 Å². The maximum atomic E-state index is 11.0. The van der Waals surface area contributed by atoms with E-state index in [1.165, 1.54) is 6.92 Å². The number of carbonyl (C=O) groups excluding carboxylic acids is 1. The van der Waals surface area contributed by atoms with Gasteiger partial charge in [-0.1, -0.05) is 0 Å². The van der Waals surface area contributed by atoms with Gasteiger partial charge in [0.2, 0.25) is 0 Å². The topological polar surface area (TPSA) is 128 Å². The SMILES string of the molecule is Cc1ncc(OP(C)(=O)O)c(C=O)c1O.O. The van der Waals surface area contributed by atoms with Crippen molar-refractivity contribution < 1.29 is 29.4 Å². The lowest BCUT2D eigenvalue weighted by molar-refractivity contribution is 0.111. The molecule has 0 bridgehead atoms. The van der Waals surface area contributed by atoms with Crippen LogP contribution in [0.4, 0.5) is 0 Å². The molecule has 0 radical (unpaired) electrons. The molecule has 0 aliphatic carbocycles. The predicted octanol–water partition coefficient (Wildman–Crippen LogP) is 0.277. The molecule has 1 aromatic rings. The van der Waals surface area contributed by atoms with Crippen LogP contribution in [0.15, 0.2) is 6.20 Å². The zero-order valence-electron chi connectivity index (χ0n) is 8.67. The van der Waals surface area contributed by atoms with E-state index in [0.29, 0.717) is 6.29 Å². The zero-order chi connectivity index (χ0) is 11.6. The van der Waals surface area contributed by atoms with Crippen LogP contribution in [0.1, 0.15) is 16.1 Å². The molecule has 1 heterocycles. The summed E-state index contributed by atoms with van der Waals surface area (Å²) in [4.78, 5) is 23.3. The molecule has 1 unspecified atom stereocenters. The Morgan fingerprint density at radius 2 is 2.12 bits per heavy atom. The summed E-state index contributed by atoms with van der Waals surface area (Å²) in [6.45, 7) is 2.47. The van der Waals surface area contributed by atoms with Crippen molar-refractivity contribution in [1.29, 1.82) is 0 Å². The zero-order valence-corrected chi connectivity index (χ0v) is 9.56. The number of hydrogen-bond acceptors (Lipinski definition) is 5. The second kappa shape index (κ2) is 5.07. The minimum Gasteiger partial charge on any atom is -0.505 e. The number of aromatic hydroxyl groups is 1. The summed E-state index contributed by atoms with van der Waals surface area (Å²) in [5.74, 6) is -0.558. The molecule has 8 heteroatoms. The summed E-state index contributed by atoms with van der Waals surface area (Å²) >= 11 is 0. The molecule has 0 fully saturated rings. The summed E-state index contributed by atoms with van der Waals surface area (Å²) in [6, 6.07) is 0. The van der Waals surface area contributed by atoms with Gasteiger partial charge in [-0.2, -0.15) is 0 Å². The number of pyridine rings is 1. The Hall–Kier alpha value is -1.43. The van der Waals surface area contributed by atoms with Crippen molar-refractivity contribution in [3.05, 3.63) is 17.5 Å². The number of carbonyl (C=O) groups is 1. The lowest BCUT2D eigenvalue weighted by atomic mass is 10.2. The maximum absolute atomic E-state index is 11.0. The first-order valence-corrected chi connectivity index (χ1v) is 6.01. The average Bonchev–Trinajstić information content (AvgIpc) is 2.10. The van der Waals surface area contributed by atoms with Crippen molar-refractivity contribution in [2.24, 2.45) is 0 Å². The molecule has 4 N–H and O–H groups in total. The van der Waals surface area contributed by atoms with E-state index >= 15 is 0 Å². The first kappa shape index (κ1) is 14.6. The summed E-state index contributed by atoms with van der Waals surface area (Å²) in [5.41, 5.74) is 0.0620. The number of aromatic nitrogens is 1. The van der Waals surface area contributed by atoms with Crippen LogP contribution in [-0.2, 0) is 4.57 Å². The van der Waals surface area contributed by atoms with Crippen LogP contribution in [0.25, 0.3) is 0 Å². The van der Waals surface area contributed by atoms with Crippen LogP contribution < -0.4 is 4.52 Å². The molecule has 0 saturated carbocycles. The molecule has 1 rings (SSSR count). The van der Waals surface area contributed by atoms with Crippen LogP contribution in [0, 0.1) is 6.92 Å². The summed E-state index contributed by atoms with van der Waals surface area (Å²) in [7, 11) is -3.77. The van der Waals surface area contributed by atoms with Crippen molar-refractivity contribution in [1.82, 2.24) is 4.98 Å². The molecule has 7 nitrogen and oxygen atoms in total. The Bertz CT molecular complexity index is 440. The van der Waals surface area contributed by atoms with Gasteiger partial charge >= 0.3 is 7.60 Å². The van der Waals surface area contributed by atoms with Crippen LogP contribution in [0.3, 0.4) is 0 Å². The minimum absolute atomic E-state index is 0. The van der Waals surface area contributed by atoms with E-state index in [9.17, 15) is 14.5 Å². The van der Waals surface area contributed by atoms with E-state index in [2.05, 4.69) is 9.51 Å². The molecular weight excluding hydrogens is 237 g/mol. The molecule has 1 atom stereocenters. The number of nitrogens with zero attached hydrogens (tertiary/aromatic N) is 1. The number of aldehydes is 1. The van der Waals surface area contributed by atoms with Gasteiger partial charge in [0.05, 0.1) is 11.9 Å². The monoisotopic (exact) mass is 249 g/mol. The van der Waals surface area contributed by atoms with Gasteiger partial charge in [-0.25, -0.2) is 4.57 Å². The molecule has 0 spiro atoms. The Morgan fingerprint density at radius 1 is 1.56 bits per heavy atom. The summed E-state index contributed by atoms with van der Waals surface area (Å²) in [6.07, 6.45) is 1.46. The highest BCUT2D eigenvalue weighted by atomic mass is 31.2. The van der Waals surface area contributed by atoms with E-state index in [-0.39, 0.29) is 28.2 Å². The van der Waals surface area contributed by atoms with Gasteiger partial charge in [-0.15, -0.1) is 0 Å². The molecule has 0 amide bonds. The number of aryl methyl sites for hydroxylation is 1. The van der Waals surface area contributed by atoms with Crippen LogP contribution in [0.5, 0.6) is 11.5 Å². The van der Waals surface area contributed by atoms with Gasteiger partial charge in [-0.05, 0) is 6.92 Å². The van der Waals surface area contributed by atoms with E-state index in [1.807, 2.05) is 0 Å². The molecule has 1 aromatic heterocycles. The third-order valence-electron chi connectivity index (χ3n) is 1.62. The second-order valence-electron chi connectivity index (χ2n) is 2.98. The summed E-state index contributed by atoms with van der Waals surface area (Å²) in [5, 5.41) is 9.43. The molecule has 16 heavy (non-hydrogen) atoms. The van der Waals surface area contributed by atoms with Gasteiger partial charge in [0.15, 0.2) is 17.8 Å². The first-order chi connectivity index (χ1) is 6.85. The average molecular weight is 249 g/mol. The molecule has 90 valence electrons. The lowest BCUT2D eigenvalue weighted by Gasteiger charge is -2.11. The standard InChI is InChI=1S/C8H10NO5P.H2O/c1-5-8(11)6(4-10)7(3-9-5)14-15(2,12)13;/h3-4,11H,1-2H3,(H,12,13);1H2. The van der Waals surface area contributed by atoms with Crippen LogP contribution >= 0.6 is 7.60 Å². The van der Waals surface area contributed by atoms with Gasteiger partial charge in [-0.3, -0.25) is 9.78 Å². The highest BCUT2D eigenvalue weighted by Crippen LogP contribution is 2.41. The van der Waals surface area contributed by atoms with Gasteiger partial charge in [0, 0.05) is 6.66 Å². The largest absolute Gasteiger partial charge is 0.505 e. The Kier molecular flexibility index (Phi) is 4.61. The van der Waals surface area contributed by atoms with E-state index < -0.39 is 7.60 Å². The van der Waals surface area contributed by atoms with Crippen molar-refractivity contribution in [2.75, 3.05) is 6.66 Å². The van der Waals surface area contributed by atoms with Crippen molar-refractivity contribution >= 4 is 13.9 Å². The van der Waals surface area contributed by atoms with E-state index in [1.54, 1.807) is 0 Å². The highest BCUT2D eigenvalue weighted by molar-refractivity contribution is 7.52. The Balaban J connectivity index is 0.00000225. The normalized spacial score (nSPS) is 13.4. The molecule has 0 aliphatic heterocycles. The fraction of sp³-hybridized carbons (Fsp3) is 0.250. The molecule has 0 aromatic carbocycles. The van der Waals surface area contributed by atoms with Crippen molar-refractivity contribution in [3.63, 3.8) is 0 Å². The number of hydrogen-bond donors (Lipinski definition) is 2. The second-order valence-corrected chi connectivity index (χ2v) is 4.77. The van der Waals surface area contributed by atoms with Crippen LogP contribution in [-0.4, -0.2) is 33.4 Å². The van der Waals surface area contributed by atoms with Gasteiger partial charge in [0.25, 0.3) is 0 Å². The van der Waals surface area contributed by atoms with Gasteiger partial charge in [0.1, 0.15) is 5.56 Å². The smallest absolute Gasteiger partial charge is 0.373 e. The quantitative estimate of drug-likeness (QED) is 0.584. The van der Waals surface area contributed by atoms with Crippen LogP contribution in [0.2, 0.25) is 0 Å². The van der Waals surface area contributed by atoms with Crippen molar-refractivity contribution in [3.8, 4) is 11.5 Å². The van der Waals surface area contributed by atoms with E-state index in [4.69, 9.17) is 4.89 Å². The fourth-order valence-electron chi connectivity index (χ4n) is 0.967. The third kappa shape index (κ3) is 3.30. The number of rotatable bonds is 3. The summed E-state index contributed by atoms with van der Waals surface area (Å²) < 4.78 is 15.6.